The van der Waals surface area contributed by atoms with Crippen LogP contribution in [0.4, 0.5) is 0 Å². The Morgan fingerprint density at radius 1 is 1.04 bits per heavy atom. The molecule has 0 atom stereocenters. The standard InChI is InChI=1S/C6H10O3.C4H4O4.C4H6O2/c1-2-6(8)9-5-3-4-7;5-3(6)1-2-4(7)8;1-3(2)4(5)6/h2,7H,1,3-5H2;1-2H,(H,5,6)(H,7,8);1H2,2H3,(H,5,6)/b;2-1-;. The molecule has 0 spiro atoms. The monoisotopic (exact) mass is 332 g/mol. The molecule has 0 saturated carbocycles. The highest BCUT2D eigenvalue weighted by atomic mass is 16.5. The van der Waals surface area contributed by atoms with Gasteiger partial charge < -0.3 is 25.2 Å². The minimum Gasteiger partial charge on any atom is -0.478 e. The van der Waals surface area contributed by atoms with Crippen molar-refractivity contribution in [1.82, 2.24) is 0 Å². The summed E-state index contributed by atoms with van der Waals surface area (Å²) in [6.07, 6.45) is 2.70. The maximum Gasteiger partial charge on any atom is 0.330 e. The fraction of sp³-hybridized carbons (Fsp3) is 0.286. The molecule has 0 amide bonds. The van der Waals surface area contributed by atoms with E-state index in [0.29, 0.717) is 18.6 Å². The van der Waals surface area contributed by atoms with Gasteiger partial charge in [0.25, 0.3) is 0 Å². The van der Waals surface area contributed by atoms with E-state index in [1.807, 2.05) is 0 Å². The second-order valence-corrected chi connectivity index (χ2v) is 3.54. The van der Waals surface area contributed by atoms with E-state index in [0.717, 1.165) is 6.08 Å². The summed E-state index contributed by atoms with van der Waals surface area (Å²) in [5.41, 5.74) is 0.176. The van der Waals surface area contributed by atoms with Crippen LogP contribution in [0, 0.1) is 0 Å². The van der Waals surface area contributed by atoms with Gasteiger partial charge in [-0.25, -0.2) is 19.2 Å². The van der Waals surface area contributed by atoms with Gasteiger partial charge in [-0.3, -0.25) is 0 Å². The van der Waals surface area contributed by atoms with Crippen LogP contribution < -0.4 is 0 Å². The lowest BCUT2D eigenvalue weighted by atomic mass is 10.4. The molecule has 0 saturated heterocycles. The molecule has 23 heavy (non-hydrogen) atoms. The molecule has 9 nitrogen and oxygen atoms in total. The molecule has 0 unspecified atom stereocenters. The van der Waals surface area contributed by atoms with Crippen molar-refractivity contribution in [1.29, 1.82) is 0 Å². The zero-order valence-corrected chi connectivity index (χ0v) is 12.6. The van der Waals surface area contributed by atoms with Gasteiger partial charge in [0.15, 0.2) is 0 Å². The number of esters is 1. The largest absolute Gasteiger partial charge is 0.478 e. The van der Waals surface area contributed by atoms with E-state index < -0.39 is 23.9 Å². The highest BCUT2D eigenvalue weighted by Crippen LogP contribution is 1.82. The Morgan fingerprint density at radius 3 is 1.65 bits per heavy atom. The number of ether oxygens (including phenoxy) is 1. The van der Waals surface area contributed by atoms with E-state index in [2.05, 4.69) is 17.9 Å². The summed E-state index contributed by atoms with van der Waals surface area (Å²) in [6.45, 7) is 8.12. The topological polar surface area (TPSA) is 158 Å². The zero-order chi connectivity index (χ0) is 18.8. The van der Waals surface area contributed by atoms with Crippen LogP contribution in [0.1, 0.15) is 13.3 Å². The Labute approximate surface area is 132 Å². The van der Waals surface area contributed by atoms with Crippen molar-refractivity contribution in [2.45, 2.75) is 13.3 Å². The number of aliphatic carboxylic acids is 3. The van der Waals surface area contributed by atoms with Crippen LogP contribution in [0.2, 0.25) is 0 Å². The van der Waals surface area contributed by atoms with Gasteiger partial charge in [-0.1, -0.05) is 13.2 Å². The molecular formula is C14H20O9. The predicted molar refractivity (Wildman–Crippen MR) is 79.7 cm³/mol. The third-order valence-corrected chi connectivity index (χ3v) is 1.45. The summed E-state index contributed by atoms with van der Waals surface area (Å²) in [7, 11) is 0. The fourth-order valence-electron chi connectivity index (χ4n) is 0.439. The molecule has 0 aromatic carbocycles. The van der Waals surface area contributed by atoms with E-state index in [1.165, 1.54) is 6.92 Å². The number of carboxylic acid groups (broad SMARTS) is 3. The molecule has 0 aliphatic heterocycles. The van der Waals surface area contributed by atoms with Crippen molar-refractivity contribution >= 4 is 23.9 Å². The summed E-state index contributed by atoms with van der Waals surface area (Å²) in [5.74, 6) is -3.89. The lowest BCUT2D eigenvalue weighted by molar-refractivity contribution is -0.138. The van der Waals surface area contributed by atoms with Crippen molar-refractivity contribution in [3.63, 3.8) is 0 Å². The van der Waals surface area contributed by atoms with Crippen LogP contribution in [0.3, 0.4) is 0 Å². The second kappa shape index (κ2) is 17.1. The maximum atomic E-state index is 10.3. The van der Waals surface area contributed by atoms with Crippen LogP contribution in [-0.4, -0.2) is 57.5 Å². The first-order valence-corrected chi connectivity index (χ1v) is 6.01. The molecular weight excluding hydrogens is 312 g/mol. The Bertz CT molecular complexity index is 421. The number of aliphatic hydroxyl groups is 1. The molecule has 0 heterocycles. The van der Waals surface area contributed by atoms with Gasteiger partial charge in [0.05, 0.1) is 6.61 Å². The van der Waals surface area contributed by atoms with E-state index in [9.17, 15) is 19.2 Å². The van der Waals surface area contributed by atoms with Gasteiger partial charge in [0.1, 0.15) is 0 Å². The molecule has 0 rings (SSSR count). The number of hydrogen-bond donors (Lipinski definition) is 4. The van der Waals surface area contributed by atoms with Crippen molar-refractivity contribution < 1.29 is 44.3 Å². The normalized spacial score (nSPS) is 8.61. The number of carboxylic acids is 3. The molecule has 0 radical (unpaired) electrons. The van der Waals surface area contributed by atoms with Gasteiger partial charge in [0.2, 0.25) is 0 Å². The first-order chi connectivity index (χ1) is 10.6. The molecule has 0 aromatic heterocycles. The average molecular weight is 332 g/mol. The highest BCUT2D eigenvalue weighted by Gasteiger charge is 1.92. The molecule has 0 aliphatic carbocycles. The molecule has 0 bridgehead atoms. The molecule has 0 aliphatic rings. The van der Waals surface area contributed by atoms with Crippen molar-refractivity contribution in [3.05, 3.63) is 37.0 Å². The fourth-order valence-corrected chi connectivity index (χ4v) is 0.439. The van der Waals surface area contributed by atoms with Crippen molar-refractivity contribution in [2.75, 3.05) is 13.2 Å². The van der Waals surface area contributed by atoms with Crippen LogP contribution in [0.5, 0.6) is 0 Å². The molecule has 0 aromatic rings. The number of carbonyl (C=O) groups is 4. The smallest absolute Gasteiger partial charge is 0.330 e. The Hall–Kier alpha value is -2.94. The highest BCUT2D eigenvalue weighted by molar-refractivity contribution is 5.89. The predicted octanol–water partition coefficient (Wildman–Crippen LogP) is 0.457. The van der Waals surface area contributed by atoms with Gasteiger partial charge >= 0.3 is 23.9 Å². The zero-order valence-electron chi connectivity index (χ0n) is 12.6. The van der Waals surface area contributed by atoms with Crippen LogP contribution in [0.15, 0.2) is 37.0 Å². The SMILES string of the molecule is C=C(C)C(=O)O.C=CC(=O)OCCCO.O=C(O)/C=C\C(=O)O. The van der Waals surface area contributed by atoms with Gasteiger partial charge in [-0.15, -0.1) is 0 Å². The van der Waals surface area contributed by atoms with Crippen molar-refractivity contribution in [2.24, 2.45) is 0 Å². The van der Waals surface area contributed by atoms with E-state index in [4.69, 9.17) is 20.4 Å². The molecule has 4 N–H and O–H groups in total. The van der Waals surface area contributed by atoms with Crippen LogP contribution in [-0.2, 0) is 23.9 Å². The Kier molecular flexibility index (Phi) is 18.6. The number of hydrogen-bond acceptors (Lipinski definition) is 6. The van der Waals surface area contributed by atoms with Gasteiger partial charge in [0, 0.05) is 36.8 Å². The number of carbonyl (C=O) groups excluding carboxylic acids is 1. The van der Waals surface area contributed by atoms with E-state index in [1.54, 1.807) is 0 Å². The number of rotatable bonds is 7. The molecule has 130 valence electrons. The van der Waals surface area contributed by atoms with Crippen LogP contribution in [0.25, 0.3) is 0 Å². The third kappa shape index (κ3) is 32.5. The van der Waals surface area contributed by atoms with Gasteiger partial charge in [-0.05, 0) is 6.92 Å². The molecule has 9 heteroatoms. The second-order valence-electron chi connectivity index (χ2n) is 3.54. The van der Waals surface area contributed by atoms with E-state index in [-0.39, 0.29) is 18.8 Å². The number of aliphatic hydroxyl groups excluding tert-OH is 1. The summed E-state index contributed by atoms with van der Waals surface area (Å²) in [6, 6.07) is 0. The van der Waals surface area contributed by atoms with Crippen molar-refractivity contribution in [3.8, 4) is 0 Å². The van der Waals surface area contributed by atoms with Crippen LogP contribution >= 0.6 is 0 Å². The summed E-state index contributed by atoms with van der Waals surface area (Å²) in [5, 5.41) is 31.8. The summed E-state index contributed by atoms with van der Waals surface area (Å²) in [4.78, 5) is 39.0. The third-order valence-electron chi connectivity index (χ3n) is 1.45. The van der Waals surface area contributed by atoms with Gasteiger partial charge in [-0.2, -0.15) is 0 Å². The lowest BCUT2D eigenvalue weighted by Gasteiger charge is -1.96. The molecule has 0 fully saturated rings. The Morgan fingerprint density at radius 2 is 1.43 bits per heavy atom. The summed E-state index contributed by atoms with van der Waals surface area (Å²) < 4.78 is 4.51. The maximum absolute atomic E-state index is 10.3. The Balaban J connectivity index is -0.000000266. The lowest BCUT2D eigenvalue weighted by Crippen LogP contribution is -2.02. The average Bonchev–Trinajstić information content (AvgIpc) is 2.46. The first kappa shape index (κ1) is 25.0. The minimum atomic E-state index is -1.26. The summed E-state index contributed by atoms with van der Waals surface area (Å²) >= 11 is 0. The first-order valence-electron chi connectivity index (χ1n) is 6.01. The quantitative estimate of drug-likeness (QED) is 0.295. The van der Waals surface area contributed by atoms with E-state index >= 15 is 0 Å². The minimum absolute atomic E-state index is 0.0461.